The first-order chi connectivity index (χ1) is 8.68. The van der Waals surface area contributed by atoms with Crippen molar-refractivity contribution in [2.24, 2.45) is 11.8 Å². The topological polar surface area (TPSA) is 41.1 Å². The van der Waals surface area contributed by atoms with E-state index in [1.807, 2.05) is 6.07 Å². The van der Waals surface area contributed by atoms with Crippen molar-refractivity contribution in [3.63, 3.8) is 0 Å². The third kappa shape index (κ3) is 3.07. The number of benzene rings is 1. The van der Waals surface area contributed by atoms with Crippen molar-refractivity contribution in [1.82, 2.24) is 10.6 Å². The van der Waals surface area contributed by atoms with Gasteiger partial charge >= 0.3 is 0 Å². The number of rotatable bonds is 4. The predicted molar refractivity (Wildman–Crippen MR) is 68.6 cm³/mol. The monoisotopic (exact) mass is 250 g/mol. The van der Waals surface area contributed by atoms with Crippen LogP contribution in [0.25, 0.3) is 0 Å². The van der Waals surface area contributed by atoms with Gasteiger partial charge in [-0.1, -0.05) is 25.1 Å². The zero-order chi connectivity index (χ0) is 13.0. The van der Waals surface area contributed by atoms with E-state index in [4.69, 9.17) is 0 Å². The number of carbonyl (C=O) groups is 1. The van der Waals surface area contributed by atoms with Gasteiger partial charge in [0.05, 0.1) is 5.92 Å². The lowest BCUT2D eigenvalue weighted by Crippen LogP contribution is -2.35. The van der Waals surface area contributed by atoms with Crippen LogP contribution in [-0.4, -0.2) is 25.5 Å². The summed E-state index contributed by atoms with van der Waals surface area (Å²) in [6.07, 6.45) is 0.535. The SMILES string of the molecule is C[C@@H]1CNC[C@H]1C(=O)NCCc1ccccc1F. The molecule has 1 aliphatic rings. The first-order valence-electron chi connectivity index (χ1n) is 6.40. The largest absolute Gasteiger partial charge is 0.355 e. The zero-order valence-electron chi connectivity index (χ0n) is 10.6. The van der Waals surface area contributed by atoms with Crippen LogP contribution in [-0.2, 0) is 11.2 Å². The third-order valence-electron chi connectivity index (χ3n) is 3.51. The molecule has 0 unspecified atom stereocenters. The van der Waals surface area contributed by atoms with Crippen LogP contribution >= 0.6 is 0 Å². The van der Waals surface area contributed by atoms with E-state index >= 15 is 0 Å². The van der Waals surface area contributed by atoms with Crippen LogP contribution in [0, 0.1) is 17.7 Å². The van der Waals surface area contributed by atoms with Gasteiger partial charge in [-0.05, 0) is 30.5 Å². The summed E-state index contributed by atoms with van der Waals surface area (Å²) >= 11 is 0. The van der Waals surface area contributed by atoms with E-state index < -0.39 is 0 Å². The van der Waals surface area contributed by atoms with Gasteiger partial charge in [0, 0.05) is 13.1 Å². The molecule has 0 aliphatic carbocycles. The second-order valence-electron chi connectivity index (χ2n) is 4.87. The molecule has 1 fully saturated rings. The molecule has 1 aromatic rings. The van der Waals surface area contributed by atoms with Crippen molar-refractivity contribution >= 4 is 5.91 Å². The van der Waals surface area contributed by atoms with Gasteiger partial charge in [0.1, 0.15) is 5.82 Å². The van der Waals surface area contributed by atoms with Crippen LogP contribution in [0.2, 0.25) is 0 Å². The minimum Gasteiger partial charge on any atom is -0.355 e. The highest BCUT2D eigenvalue weighted by Gasteiger charge is 2.28. The molecule has 1 aliphatic heterocycles. The van der Waals surface area contributed by atoms with Crippen LogP contribution in [0.3, 0.4) is 0 Å². The van der Waals surface area contributed by atoms with Gasteiger partial charge in [0.25, 0.3) is 0 Å². The minimum atomic E-state index is -0.206. The molecule has 2 N–H and O–H groups in total. The van der Waals surface area contributed by atoms with Crippen LogP contribution in [0.5, 0.6) is 0 Å². The number of nitrogens with one attached hydrogen (secondary N) is 2. The Morgan fingerprint density at radius 2 is 2.22 bits per heavy atom. The lowest BCUT2D eigenvalue weighted by Gasteiger charge is -2.14. The number of hydrogen-bond donors (Lipinski definition) is 2. The number of amides is 1. The van der Waals surface area contributed by atoms with Crippen molar-refractivity contribution in [3.8, 4) is 0 Å². The van der Waals surface area contributed by atoms with Gasteiger partial charge in [-0.25, -0.2) is 4.39 Å². The highest BCUT2D eigenvalue weighted by Crippen LogP contribution is 2.15. The molecular weight excluding hydrogens is 231 g/mol. The Morgan fingerprint density at radius 3 is 2.89 bits per heavy atom. The molecule has 1 saturated heterocycles. The summed E-state index contributed by atoms with van der Waals surface area (Å²) in [5, 5.41) is 6.08. The van der Waals surface area contributed by atoms with E-state index in [0.29, 0.717) is 24.4 Å². The van der Waals surface area contributed by atoms with E-state index in [1.165, 1.54) is 6.07 Å². The maximum Gasteiger partial charge on any atom is 0.224 e. The van der Waals surface area contributed by atoms with E-state index in [-0.39, 0.29) is 17.6 Å². The quantitative estimate of drug-likeness (QED) is 0.846. The summed E-state index contributed by atoms with van der Waals surface area (Å²) in [6, 6.07) is 6.67. The molecule has 1 amide bonds. The molecule has 1 aromatic carbocycles. The average molecular weight is 250 g/mol. The van der Waals surface area contributed by atoms with Gasteiger partial charge in [-0.15, -0.1) is 0 Å². The summed E-state index contributed by atoms with van der Waals surface area (Å²) in [5.74, 6) is 0.288. The molecule has 2 atom stereocenters. The van der Waals surface area contributed by atoms with Crippen LogP contribution in [0.1, 0.15) is 12.5 Å². The van der Waals surface area contributed by atoms with Gasteiger partial charge in [0.15, 0.2) is 0 Å². The van der Waals surface area contributed by atoms with E-state index in [0.717, 1.165) is 13.1 Å². The highest BCUT2D eigenvalue weighted by molar-refractivity contribution is 5.79. The second kappa shape index (κ2) is 5.96. The highest BCUT2D eigenvalue weighted by atomic mass is 19.1. The predicted octanol–water partition coefficient (Wildman–Crippen LogP) is 1.34. The smallest absolute Gasteiger partial charge is 0.224 e. The molecular formula is C14H19FN2O. The Bertz CT molecular complexity index is 422. The molecule has 2 rings (SSSR count). The van der Waals surface area contributed by atoms with Crippen molar-refractivity contribution < 1.29 is 9.18 Å². The fourth-order valence-electron chi connectivity index (χ4n) is 2.31. The number of hydrogen-bond acceptors (Lipinski definition) is 2. The number of halogens is 1. The average Bonchev–Trinajstić information content (AvgIpc) is 2.78. The maximum absolute atomic E-state index is 13.4. The molecule has 1 heterocycles. The molecule has 0 aromatic heterocycles. The van der Waals surface area contributed by atoms with Crippen LogP contribution in [0.4, 0.5) is 4.39 Å². The minimum absolute atomic E-state index is 0.0469. The van der Waals surface area contributed by atoms with Gasteiger partial charge in [-0.2, -0.15) is 0 Å². The fraction of sp³-hybridized carbons (Fsp3) is 0.500. The van der Waals surface area contributed by atoms with Gasteiger partial charge < -0.3 is 10.6 Å². The summed E-state index contributed by atoms with van der Waals surface area (Å²) in [5.41, 5.74) is 0.649. The van der Waals surface area contributed by atoms with E-state index in [1.54, 1.807) is 12.1 Å². The van der Waals surface area contributed by atoms with Crippen LogP contribution in [0.15, 0.2) is 24.3 Å². The van der Waals surface area contributed by atoms with Crippen LogP contribution < -0.4 is 10.6 Å². The Balaban J connectivity index is 1.79. The first kappa shape index (κ1) is 13.0. The molecule has 4 heteroatoms. The fourth-order valence-corrected chi connectivity index (χ4v) is 2.31. The summed E-state index contributed by atoms with van der Waals surface area (Å²) < 4.78 is 13.4. The van der Waals surface area contributed by atoms with Crippen molar-refractivity contribution in [3.05, 3.63) is 35.6 Å². The third-order valence-corrected chi connectivity index (χ3v) is 3.51. The number of carbonyl (C=O) groups excluding carboxylic acids is 1. The molecule has 98 valence electrons. The maximum atomic E-state index is 13.4. The van der Waals surface area contributed by atoms with Gasteiger partial charge in [-0.3, -0.25) is 4.79 Å². The first-order valence-corrected chi connectivity index (χ1v) is 6.40. The summed E-state index contributed by atoms with van der Waals surface area (Å²) in [7, 11) is 0. The Morgan fingerprint density at radius 1 is 1.44 bits per heavy atom. The summed E-state index contributed by atoms with van der Waals surface area (Å²) in [6.45, 7) is 4.20. The molecule has 0 radical (unpaired) electrons. The molecule has 3 nitrogen and oxygen atoms in total. The Labute approximate surface area is 107 Å². The molecule has 0 saturated carbocycles. The zero-order valence-corrected chi connectivity index (χ0v) is 10.6. The lowest BCUT2D eigenvalue weighted by molar-refractivity contribution is -0.125. The summed E-state index contributed by atoms with van der Waals surface area (Å²) in [4.78, 5) is 11.9. The van der Waals surface area contributed by atoms with Gasteiger partial charge in [0.2, 0.25) is 5.91 Å². The van der Waals surface area contributed by atoms with Crippen molar-refractivity contribution in [2.75, 3.05) is 19.6 Å². The Hall–Kier alpha value is -1.42. The van der Waals surface area contributed by atoms with E-state index in [9.17, 15) is 9.18 Å². The lowest BCUT2D eigenvalue weighted by atomic mass is 9.97. The van der Waals surface area contributed by atoms with Crippen molar-refractivity contribution in [2.45, 2.75) is 13.3 Å². The van der Waals surface area contributed by atoms with E-state index in [2.05, 4.69) is 17.6 Å². The molecule has 0 spiro atoms. The molecule has 0 bridgehead atoms. The molecule has 18 heavy (non-hydrogen) atoms. The normalized spacial score (nSPS) is 23.0. The standard InChI is InChI=1S/C14H19FN2O/c1-10-8-16-9-12(10)14(18)17-7-6-11-4-2-3-5-13(11)15/h2-5,10,12,16H,6-9H2,1H3,(H,17,18)/t10-,12-/m1/s1. The second-order valence-corrected chi connectivity index (χ2v) is 4.87. The van der Waals surface area contributed by atoms with Crippen molar-refractivity contribution in [1.29, 1.82) is 0 Å². The Kier molecular flexibility index (Phi) is 4.31.